The molecule has 0 atom stereocenters. The molecule has 0 unspecified atom stereocenters. The summed E-state index contributed by atoms with van der Waals surface area (Å²) in [6, 6.07) is 9.14. The second-order valence-electron chi connectivity index (χ2n) is 6.96. The zero-order valence-corrected chi connectivity index (χ0v) is 14.9. The van der Waals surface area contributed by atoms with Crippen molar-refractivity contribution >= 4 is 14.1 Å². The van der Waals surface area contributed by atoms with Crippen molar-refractivity contribution in [3.8, 4) is 0 Å². The molecule has 0 saturated heterocycles. The third-order valence-corrected chi connectivity index (χ3v) is 4.74. The third-order valence-electron chi connectivity index (χ3n) is 3.57. The highest BCUT2D eigenvalue weighted by Gasteiger charge is 2.06. The molecule has 0 bridgehead atoms. The molecular formula is C19H32Si. The SMILES string of the molecule is CCCCCCCCc1ccc(/C=C/[Si](C)(C)C)cc1. The average Bonchev–Trinajstić information content (AvgIpc) is 2.41. The lowest BCUT2D eigenvalue weighted by Crippen LogP contribution is -2.15. The maximum absolute atomic E-state index is 2.41. The maximum Gasteiger partial charge on any atom is 0.0687 e. The molecule has 0 aromatic heterocycles. The second-order valence-corrected chi connectivity index (χ2v) is 12.0. The van der Waals surface area contributed by atoms with Gasteiger partial charge in [-0.3, -0.25) is 0 Å². The van der Waals surface area contributed by atoms with Crippen LogP contribution < -0.4 is 0 Å². The number of unbranched alkanes of at least 4 members (excludes halogenated alkanes) is 5. The van der Waals surface area contributed by atoms with Crippen LogP contribution in [0.4, 0.5) is 0 Å². The highest BCUT2D eigenvalue weighted by molar-refractivity contribution is 6.81. The maximum atomic E-state index is 2.41. The second kappa shape index (κ2) is 9.18. The lowest BCUT2D eigenvalue weighted by molar-refractivity contribution is 0.607. The predicted octanol–water partition coefficient (Wildman–Crippen LogP) is 6.48. The van der Waals surface area contributed by atoms with E-state index in [4.69, 9.17) is 0 Å². The van der Waals surface area contributed by atoms with Crippen LogP contribution >= 0.6 is 0 Å². The van der Waals surface area contributed by atoms with Gasteiger partial charge in [-0.25, -0.2) is 0 Å². The minimum absolute atomic E-state index is 1.07. The minimum atomic E-state index is -1.07. The van der Waals surface area contributed by atoms with Gasteiger partial charge < -0.3 is 0 Å². The molecule has 0 fully saturated rings. The van der Waals surface area contributed by atoms with Crippen LogP contribution in [0.2, 0.25) is 19.6 Å². The number of hydrogen-bond donors (Lipinski definition) is 0. The molecule has 0 nitrogen and oxygen atoms in total. The quantitative estimate of drug-likeness (QED) is 0.360. The summed E-state index contributed by atoms with van der Waals surface area (Å²) in [6.45, 7) is 9.39. The molecule has 20 heavy (non-hydrogen) atoms. The van der Waals surface area contributed by atoms with Gasteiger partial charge in [0.1, 0.15) is 0 Å². The van der Waals surface area contributed by atoms with E-state index in [0.29, 0.717) is 0 Å². The summed E-state index contributed by atoms with van der Waals surface area (Å²) in [6.07, 6.45) is 11.8. The Labute approximate surface area is 127 Å². The molecule has 0 amide bonds. The first-order chi connectivity index (χ1) is 9.51. The number of aryl methyl sites for hydroxylation is 1. The van der Waals surface area contributed by atoms with Crippen molar-refractivity contribution in [2.45, 2.75) is 71.5 Å². The van der Waals surface area contributed by atoms with Crippen LogP contribution in [-0.2, 0) is 6.42 Å². The summed E-state index contributed by atoms with van der Waals surface area (Å²) in [4.78, 5) is 0. The highest BCUT2D eigenvalue weighted by Crippen LogP contribution is 2.13. The van der Waals surface area contributed by atoms with Crippen LogP contribution in [0.25, 0.3) is 6.08 Å². The van der Waals surface area contributed by atoms with E-state index in [2.05, 4.69) is 62.6 Å². The smallest absolute Gasteiger partial charge is 0.0687 e. The van der Waals surface area contributed by atoms with Gasteiger partial charge in [-0.15, -0.1) is 0 Å². The van der Waals surface area contributed by atoms with Crippen molar-refractivity contribution in [2.24, 2.45) is 0 Å². The number of hydrogen-bond acceptors (Lipinski definition) is 0. The van der Waals surface area contributed by atoms with Crippen LogP contribution in [-0.4, -0.2) is 8.07 Å². The molecule has 0 aliphatic carbocycles. The first-order valence-corrected chi connectivity index (χ1v) is 11.9. The topological polar surface area (TPSA) is 0 Å². The Morgan fingerprint density at radius 2 is 1.45 bits per heavy atom. The molecular weight excluding hydrogens is 256 g/mol. The summed E-state index contributed by atoms with van der Waals surface area (Å²) in [5.74, 6) is 0. The summed E-state index contributed by atoms with van der Waals surface area (Å²) in [5.41, 5.74) is 5.25. The normalized spacial score (nSPS) is 12.2. The summed E-state index contributed by atoms with van der Waals surface area (Å²) < 4.78 is 0. The van der Waals surface area contributed by atoms with E-state index >= 15 is 0 Å². The Bertz CT molecular complexity index is 381. The molecule has 0 heterocycles. The fourth-order valence-corrected chi connectivity index (χ4v) is 2.94. The van der Waals surface area contributed by atoms with Crippen molar-refractivity contribution in [3.05, 3.63) is 41.1 Å². The van der Waals surface area contributed by atoms with Gasteiger partial charge in [0, 0.05) is 0 Å². The van der Waals surface area contributed by atoms with Crippen molar-refractivity contribution in [3.63, 3.8) is 0 Å². The summed E-state index contributed by atoms with van der Waals surface area (Å²) in [7, 11) is -1.07. The molecule has 1 aromatic rings. The van der Waals surface area contributed by atoms with Crippen LogP contribution in [0.15, 0.2) is 30.0 Å². The highest BCUT2D eigenvalue weighted by atomic mass is 28.3. The van der Waals surface area contributed by atoms with Gasteiger partial charge in [-0.05, 0) is 24.0 Å². The van der Waals surface area contributed by atoms with Crippen LogP contribution in [0.1, 0.15) is 56.6 Å². The monoisotopic (exact) mass is 288 g/mol. The van der Waals surface area contributed by atoms with Gasteiger partial charge in [0.2, 0.25) is 0 Å². The molecule has 0 N–H and O–H groups in total. The molecule has 112 valence electrons. The Morgan fingerprint density at radius 3 is 2.05 bits per heavy atom. The zero-order chi connectivity index (χ0) is 14.8. The average molecular weight is 289 g/mol. The van der Waals surface area contributed by atoms with Crippen molar-refractivity contribution in [1.82, 2.24) is 0 Å². The lowest BCUT2D eigenvalue weighted by Gasteiger charge is -2.08. The van der Waals surface area contributed by atoms with Gasteiger partial charge in [0.15, 0.2) is 0 Å². The van der Waals surface area contributed by atoms with E-state index in [0.717, 1.165) is 0 Å². The molecule has 1 heteroatoms. The summed E-state index contributed by atoms with van der Waals surface area (Å²) >= 11 is 0. The van der Waals surface area contributed by atoms with E-state index in [1.807, 2.05) is 0 Å². The number of benzene rings is 1. The molecule has 1 aromatic carbocycles. The van der Waals surface area contributed by atoms with Gasteiger partial charge in [-0.2, -0.15) is 0 Å². The largest absolute Gasteiger partial charge is 0.0944 e. The zero-order valence-electron chi connectivity index (χ0n) is 13.9. The molecule has 0 spiro atoms. The Morgan fingerprint density at radius 1 is 0.850 bits per heavy atom. The van der Waals surface area contributed by atoms with E-state index in [1.54, 1.807) is 0 Å². The Kier molecular flexibility index (Phi) is 7.90. The number of rotatable bonds is 9. The van der Waals surface area contributed by atoms with Crippen molar-refractivity contribution in [1.29, 1.82) is 0 Å². The van der Waals surface area contributed by atoms with Crippen LogP contribution in [0, 0.1) is 0 Å². The predicted molar refractivity (Wildman–Crippen MR) is 95.9 cm³/mol. The molecule has 0 aliphatic heterocycles. The van der Waals surface area contributed by atoms with Gasteiger partial charge in [0.05, 0.1) is 8.07 Å². The fraction of sp³-hybridized carbons (Fsp3) is 0.579. The molecule has 0 saturated carbocycles. The Hall–Kier alpha value is -0.823. The van der Waals surface area contributed by atoms with Gasteiger partial charge in [0.25, 0.3) is 0 Å². The van der Waals surface area contributed by atoms with E-state index in [1.165, 1.54) is 56.1 Å². The first-order valence-electron chi connectivity index (χ1n) is 8.29. The fourth-order valence-electron chi connectivity index (χ4n) is 2.25. The van der Waals surface area contributed by atoms with E-state index in [-0.39, 0.29) is 0 Å². The lowest BCUT2D eigenvalue weighted by atomic mass is 10.0. The molecule has 0 aliphatic rings. The molecule has 1 rings (SSSR count). The van der Waals surface area contributed by atoms with Crippen molar-refractivity contribution < 1.29 is 0 Å². The van der Waals surface area contributed by atoms with E-state index in [9.17, 15) is 0 Å². The van der Waals surface area contributed by atoms with Crippen LogP contribution in [0.5, 0.6) is 0 Å². The van der Waals surface area contributed by atoms with E-state index < -0.39 is 8.07 Å². The minimum Gasteiger partial charge on any atom is -0.0944 e. The summed E-state index contributed by atoms with van der Waals surface area (Å²) in [5, 5.41) is 0. The van der Waals surface area contributed by atoms with Gasteiger partial charge >= 0.3 is 0 Å². The van der Waals surface area contributed by atoms with Gasteiger partial charge in [-0.1, -0.05) is 94.7 Å². The Balaban J connectivity index is 2.30. The van der Waals surface area contributed by atoms with Crippen LogP contribution in [0.3, 0.4) is 0 Å². The first kappa shape index (κ1) is 17.2. The third kappa shape index (κ3) is 8.37. The standard InChI is InChI=1S/C19H32Si/c1-5-6-7-8-9-10-11-18-12-14-19(15-13-18)16-17-20(2,3)4/h12-17H,5-11H2,1-4H3/b17-16+. The molecule has 0 radical (unpaired) electrons. The van der Waals surface area contributed by atoms with Crippen molar-refractivity contribution in [2.75, 3.05) is 0 Å².